The number of carboxylic acids is 1. The fraction of sp³-hybridized carbons (Fsp3) is 0.587. The second-order valence-corrected chi connectivity index (χ2v) is 15.6. The molecule has 6 N–H and O–H groups in total. The van der Waals surface area contributed by atoms with E-state index in [1.807, 2.05) is 18.2 Å². The maximum atomic E-state index is 12.6. The zero-order valence-electron chi connectivity index (χ0n) is 36.0. The van der Waals surface area contributed by atoms with Crippen molar-refractivity contribution in [2.24, 2.45) is 5.73 Å². The van der Waals surface area contributed by atoms with Gasteiger partial charge in [-0.25, -0.2) is 4.57 Å². The average molecular weight is 864 g/mol. The maximum Gasteiger partial charge on any atom is 0.472 e. The molecule has 0 radical (unpaired) electrons. The van der Waals surface area contributed by atoms with Crippen LogP contribution >= 0.6 is 7.82 Å². The number of carboxylic acid groups (broad SMARTS) is 1. The highest BCUT2D eigenvalue weighted by molar-refractivity contribution is 7.47. The van der Waals surface area contributed by atoms with Gasteiger partial charge in [0.25, 0.3) is 0 Å². The number of carbonyl (C=O) groups is 3. The van der Waals surface area contributed by atoms with Crippen LogP contribution in [0.15, 0.2) is 97.2 Å². The number of ether oxygens (including phenoxy) is 2. The van der Waals surface area contributed by atoms with E-state index in [-0.39, 0.29) is 25.7 Å². The van der Waals surface area contributed by atoms with Crippen LogP contribution in [0.4, 0.5) is 0 Å². The Morgan fingerprint density at radius 1 is 0.617 bits per heavy atom. The van der Waals surface area contributed by atoms with Gasteiger partial charge < -0.3 is 35.4 Å². The summed E-state index contributed by atoms with van der Waals surface area (Å²) in [5.74, 6) is -2.74. The van der Waals surface area contributed by atoms with Gasteiger partial charge in [0, 0.05) is 12.8 Å². The number of hydrogen-bond acceptors (Lipinski definition) is 11. The number of carbonyl (C=O) groups excluding carboxylic acids is 2. The van der Waals surface area contributed by atoms with Gasteiger partial charge in [-0.2, -0.15) is 0 Å². The van der Waals surface area contributed by atoms with E-state index in [9.17, 15) is 34.1 Å². The van der Waals surface area contributed by atoms with Crippen LogP contribution in [-0.4, -0.2) is 82.3 Å². The Bertz CT molecular complexity index is 1420. The first-order valence-electron chi connectivity index (χ1n) is 21.5. The molecule has 0 aliphatic carbocycles. The van der Waals surface area contributed by atoms with Gasteiger partial charge in [-0.15, -0.1) is 0 Å². The summed E-state index contributed by atoms with van der Waals surface area (Å²) in [5.41, 5.74) is 5.31. The van der Waals surface area contributed by atoms with Crippen LogP contribution in [0.1, 0.15) is 129 Å². The minimum absolute atomic E-state index is 0.0267. The fourth-order valence-corrected chi connectivity index (χ4v) is 5.79. The van der Waals surface area contributed by atoms with Crippen molar-refractivity contribution in [3.8, 4) is 0 Å². The molecular weight excluding hydrogens is 789 g/mol. The molecule has 1 unspecified atom stereocenters. The summed E-state index contributed by atoms with van der Waals surface area (Å²) in [5, 5.41) is 29.1. The largest absolute Gasteiger partial charge is 0.480 e. The van der Waals surface area contributed by atoms with E-state index in [1.165, 1.54) is 32.1 Å². The van der Waals surface area contributed by atoms with Crippen LogP contribution in [0.2, 0.25) is 0 Å². The Morgan fingerprint density at radius 3 is 1.68 bits per heavy atom. The van der Waals surface area contributed by atoms with Gasteiger partial charge in [0.2, 0.25) is 0 Å². The summed E-state index contributed by atoms with van der Waals surface area (Å²) < 4.78 is 32.4. The van der Waals surface area contributed by atoms with Crippen LogP contribution in [-0.2, 0) is 37.5 Å². The molecule has 0 heterocycles. The number of phosphoric acid groups is 1. The van der Waals surface area contributed by atoms with Crippen LogP contribution in [0.3, 0.4) is 0 Å². The Kier molecular flexibility index (Phi) is 37.0. The van der Waals surface area contributed by atoms with Gasteiger partial charge in [0.1, 0.15) is 12.6 Å². The molecule has 0 aliphatic rings. The van der Waals surface area contributed by atoms with Crippen molar-refractivity contribution in [1.29, 1.82) is 0 Å². The van der Waals surface area contributed by atoms with Crippen molar-refractivity contribution in [3.63, 3.8) is 0 Å². The Labute approximate surface area is 359 Å². The monoisotopic (exact) mass is 863 g/mol. The number of aliphatic carboxylic acids is 1. The molecule has 340 valence electrons. The number of allylic oxidation sites excluding steroid dienone is 13. The van der Waals surface area contributed by atoms with Gasteiger partial charge in [0.15, 0.2) is 6.10 Å². The molecular formula is C46H74NO12P. The quantitative estimate of drug-likeness (QED) is 0.0129. The molecule has 0 aromatic carbocycles. The van der Waals surface area contributed by atoms with Gasteiger partial charge in [0.05, 0.1) is 25.4 Å². The van der Waals surface area contributed by atoms with Crippen LogP contribution in [0.25, 0.3) is 0 Å². The number of rotatable bonds is 38. The van der Waals surface area contributed by atoms with Gasteiger partial charge in [-0.1, -0.05) is 137 Å². The molecule has 0 rings (SSSR count). The lowest BCUT2D eigenvalue weighted by Gasteiger charge is -2.20. The van der Waals surface area contributed by atoms with E-state index in [0.29, 0.717) is 19.3 Å². The highest BCUT2D eigenvalue weighted by Crippen LogP contribution is 2.43. The first-order valence-corrected chi connectivity index (χ1v) is 23.0. The summed E-state index contributed by atoms with van der Waals surface area (Å²) in [6.45, 7) is 2.38. The van der Waals surface area contributed by atoms with E-state index in [0.717, 1.165) is 38.5 Å². The lowest BCUT2D eigenvalue weighted by atomic mass is 10.1. The summed E-state index contributed by atoms with van der Waals surface area (Å²) in [4.78, 5) is 45.9. The molecule has 0 fully saturated rings. The van der Waals surface area contributed by atoms with Crippen molar-refractivity contribution >= 4 is 25.7 Å². The van der Waals surface area contributed by atoms with Gasteiger partial charge in [-0.3, -0.25) is 23.4 Å². The molecule has 14 heteroatoms. The molecule has 0 amide bonds. The summed E-state index contributed by atoms with van der Waals surface area (Å²) >= 11 is 0. The molecule has 0 aliphatic heterocycles. The molecule has 0 aromatic rings. The van der Waals surface area contributed by atoms with Crippen LogP contribution in [0.5, 0.6) is 0 Å². The average Bonchev–Trinajstić information content (AvgIpc) is 3.21. The second kappa shape index (κ2) is 39.5. The number of aliphatic hydroxyl groups excluding tert-OH is 2. The topological polar surface area (TPSA) is 212 Å². The highest BCUT2D eigenvalue weighted by Gasteiger charge is 2.28. The minimum Gasteiger partial charge on any atom is -0.480 e. The van der Waals surface area contributed by atoms with Crippen molar-refractivity contribution in [2.45, 2.75) is 154 Å². The second-order valence-electron chi connectivity index (χ2n) is 14.2. The lowest BCUT2D eigenvalue weighted by molar-refractivity contribution is -0.161. The Hall–Kier alpha value is -3.68. The molecule has 0 aromatic heterocycles. The highest BCUT2D eigenvalue weighted by atomic mass is 31.2. The van der Waals surface area contributed by atoms with Crippen molar-refractivity contribution < 1.29 is 57.7 Å². The van der Waals surface area contributed by atoms with Crippen molar-refractivity contribution in [2.75, 3.05) is 19.8 Å². The zero-order valence-corrected chi connectivity index (χ0v) is 36.9. The third-order valence-corrected chi connectivity index (χ3v) is 9.45. The molecule has 0 spiro atoms. The number of esters is 2. The SMILES string of the molecule is CCCCC/C=C\C/C=C\C/C=C\C/C=C\CCCC(=O)O[C@H](COC(=O)CCC[C@H](O)\C=C/C=C/C=C/[C@H](O)C/C=C\CCCCC)COP(=O)(O)OC[C@H](N)C(=O)O. The third-order valence-electron chi connectivity index (χ3n) is 8.49. The van der Waals surface area contributed by atoms with E-state index < -0.39 is 69.9 Å². The maximum absolute atomic E-state index is 12.6. The standard InChI is InChI=1S/C46H74NO12P/c1-3-5-7-9-11-12-13-14-15-16-17-18-19-20-21-23-29-35-45(51)59-42(38-57-60(54,55)58-39-43(47)46(52)53)37-56-44(50)36-30-34-41(49)33-28-25-24-27-32-40(48)31-26-22-10-8-6-4-2/h11-12,14-15,17-18,20-22,24-28,32-33,40-43,48-49H,3-10,13,16,19,23,29-31,34-39,47H2,1-2H3,(H,52,53)(H,54,55)/b12-11-,15-14-,18-17-,21-20-,25-24+,26-22-,32-27+,33-28-/t40-,41-,42-,43+/m1/s1. The minimum atomic E-state index is -4.80. The molecule has 0 saturated carbocycles. The zero-order chi connectivity index (χ0) is 44.5. The molecule has 60 heavy (non-hydrogen) atoms. The van der Waals surface area contributed by atoms with Crippen molar-refractivity contribution in [1.82, 2.24) is 0 Å². The number of unbranched alkanes of at least 4 members (excludes halogenated alkanes) is 7. The van der Waals surface area contributed by atoms with E-state index in [1.54, 1.807) is 36.5 Å². The first-order chi connectivity index (χ1) is 28.9. The Balaban J connectivity index is 4.75. The summed E-state index contributed by atoms with van der Waals surface area (Å²) in [7, 11) is -4.80. The van der Waals surface area contributed by atoms with Gasteiger partial charge in [-0.05, 0) is 77.0 Å². The van der Waals surface area contributed by atoms with E-state index >= 15 is 0 Å². The molecule has 0 saturated heterocycles. The lowest BCUT2D eigenvalue weighted by Crippen LogP contribution is -2.34. The third kappa shape index (κ3) is 38.5. The Morgan fingerprint density at radius 2 is 1.12 bits per heavy atom. The summed E-state index contributed by atoms with van der Waals surface area (Å²) in [6, 6.07) is -1.57. The summed E-state index contributed by atoms with van der Waals surface area (Å²) in [6.07, 6.45) is 42.5. The van der Waals surface area contributed by atoms with E-state index in [4.69, 9.17) is 24.8 Å². The van der Waals surface area contributed by atoms with Crippen LogP contribution in [0, 0.1) is 0 Å². The van der Waals surface area contributed by atoms with Gasteiger partial charge >= 0.3 is 25.7 Å². The normalized spacial score (nSPS) is 15.7. The predicted octanol–water partition coefficient (Wildman–Crippen LogP) is 9.22. The fourth-order valence-electron chi connectivity index (χ4n) is 5.01. The first kappa shape index (κ1) is 56.3. The predicted molar refractivity (Wildman–Crippen MR) is 238 cm³/mol. The smallest absolute Gasteiger partial charge is 0.472 e. The number of hydrogen-bond donors (Lipinski definition) is 5. The number of aliphatic hydroxyl groups is 2. The number of phosphoric ester groups is 1. The molecule has 5 atom stereocenters. The molecule has 0 bridgehead atoms. The molecule has 13 nitrogen and oxygen atoms in total. The van der Waals surface area contributed by atoms with Crippen LogP contribution < -0.4 is 5.73 Å². The van der Waals surface area contributed by atoms with E-state index in [2.05, 4.69) is 60.9 Å². The van der Waals surface area contributed by atoms with Crippen molar-refractivity contribution in [3.05, 3.63) is 97.2 Å². The number of nitrogens with two attached hydrogens (primary N) is 1.